The number of fused-ring (bicyclic) bond motifs is 4. The summed E-state index contributed by atoms with van der Waals surface area (Å²) >= 11 is 0. The van der Waals surface area contributed by atoms with Gasteiger partial charge in [-0.3, -0.25) is 4.90 Å². The second-order valence-electron chi connectivity index (χ2n) is 23.4. The van der Waals surface area contributed by atoms with Gasteiger partial charge in [0.25, 0.3) is 0 Å². The van der Waals surface area contributed by atoms with Crippen molar-refractivity contribution in [3.05, 3.63) is 198 Å². The number of pyridine rings is 2. The Bertz CT molecular complexity index is 3510. The van der Waals surface area contributed by atoms with Crippen molar-refractivity contribution in [3.8, 4) is 44.8 Å². The van der Waals surface area contributed by atoms with E-state index in [4.69, 9.17) is 9.97 Å². The van der Waals surface area contributed by atoms with Crippen molar-refractivity contribution < 1.29 is 0 Å². The van der Waals surface area contributed by atoms with Gasteiger partial charge in [0.1, 0.15) is 5.82 Å². The first kappa shape index (κ1) is 46.4. The van der Waals surface area contributed by atoms with Crippen molar-refractivity contribution >= 4 is 49.8 Å². The largest absolute Gasteiger partial charge is 0.354 e. The molecule has 3 heterocycles. The Hall–Kier alpha value is -7.30. The van der Waals surface area contributed by atoms with Gasteiger partial charge in [-0.05, 0) is 126 Å². The molecule has 0 bridgehead atoms. The molecule has 10 rings (SSSR count). The normalized spacial score (nSPS) is 12.6. The minimum atomic E-state index is -0.0681. The number of aromatic amines is 1. The zero-order chi connectivity index (χ0) is 49.3. The molecule has 0 fully saturated rings. The van der Waals surface area contributed by atoms with Crippen LogP contribution in [0, 0.1) is 0 Å². The first-order valence-corrected chi connectivity index (χ1v) is 24.9. The number of hydrogen-bond acceptors (Lipinski definition) is 3. The van der Waals surface area contributed by atoms with Gasteiger partial charge in [0.2, 0.25) is 0 Å². The van der Waals surface area contributed by atoms with E-state index in [1.54, 1.807) is 0 Å². The molecule has 350 valence electrons. The Morgan fingerprint density at radius 2 is 0.900 bits per heavy atom. The molecule has 70 heavy (non-hydrogen) atoms. The van der Waals surface area contributed by atoms with E-state index in [1.165, 1.54) is 49.5 Å². The highest BCUT2D eigenvalue weighted by Gasteiger charge is 2.26. The molecule has 0 unspecified atom stereocenters. The predicted molar refractivity (Wildman–Crippen MR) is 300 cm³/mol. The summed E-state index contributed by atoms with van der Waals surface area (Å²) in [5.74, 6) is 0.836. The van der Waals surface area contributed by atoms with Gasteiger partial charge in [-0.15, -0.1) is 0 Å². The SMILES string of the molecule is CC(C)(C)c1cc(-c2cc(-c3cc(-c4cc(C(C)(C)C)cc(C(C)(C)C)c4)cc(-c4cccc5c4[nH]c4ccccc45)n3)cc(N(c3ccccn3)c3cccc4ccccc34)c2)cc(C(C)(C)C)c1. The molecule has 0 aliphatic carbocycles. The fraction of sp³-hybridized carbons (Fsp3) is 0.242. The zero-order valence-corrected chi connectivity index (χ0v) is 43.1. The van der Waals surface area contributed by atoms with E-state index in [2.05, 4.69) is 257 Å². The fourth-order valence-corrected chi connectivity index (χ4v) is 9.73. The molecule has 7 aromatic carbocycles. The molecule has 4 nitrogen and oxygen atoms in total. The lowest BCUT2D eigenvalue weighted by atomic mass is 9.78. The number of H-pyrrole nitrogens is 1. The summed E-state index contributed by atoms with van der Waals surface area (Å²) in [6, 6.07) is 62.7. The molecule has 0 amide bonds. The summed E-state index contributed by atoms with van der Waals surface area (Å²) in [6.07, 6.45) is 1.89. The summed E-state index contributed by atoms with van der Waals surface area (Å²) in [4.78, 5) is 16.9. The van der Waals surface area contributed by atoms with Crippen LogP contribution in [0.4, 0.5) is 17.2 Å². The third-order valence-corrected chi connectivity index (χ3v) is 14.0. The van der Waals surface area contributed by atoms with Crippen molar-refractivity contribution in [1.82, 2.24) is 15.0 Å². The van der Waals surface area contributed by atoms with Crippen LogP contribution in [0.1, 0.15) is 105 Å². The van der Waals surface area contributed by atoms with Crippen LogP contribution in [-0.2, 0) is 21.7 Å². The van der Waals surface area contributed by atoms with E-state index in [9.17, 15) is 0 Å². The van der Waals surface area contributed by atoms with E-state index in [0.29, 0.717) is 0 Å². The summed E-state index contributed by atoms with van der Waals surface area (Å²) in [7, 11) is 0. The third kappa shape index (κ3) is 9.04. The summed E-state index contributed by atoms with van der Waals surface area (Å²) in [5, 5.41) is 4.71. The molecule has 4 heteroatoms. The minimum absolute atomic E-state index is 0.0576. The Kier molecular flexibility index (Phi) is 11.5. The van der Waals surface area contributed by atoms with Crippen molar-refractivity contribution in [2.24, 2.45) is 0 Å². The van der Waals surface area contributed by atoms with Crippen LogP contribution in [-0.4, -0.2) is 15.0 Å². The standard InChI is InChI=1S/C66H66N4/c1-63(2,3)48-32-44(33-49(40-48)64(4,5)6)43-31-47(37-52(36-43)70(61-29-17-18-30-67-61)60-28-19-22-42-21-13-14-23-53(42)60)58-38-46(45-34-50(65(7,8)9)41-51(35-45)66(10,11)12)39-59(68-58)56-26-20-25-55-54-24-15-16-27-57(54)69-62(55)56/h13-41,69H,1-12H3. The van der Waals surface area contributed by atoms with Crippen molar-refractivity contribution in [1.29, 1.82) is 0 Å². The molecule has 10 aromatic rings. The first-order valence-electron chi connectivity index (χ1n) is 24.9. The lowest BCUT2D eigenvalue weighted by Crippen LogP contribution is -2.16. The number of rotatable bonds is 7. The highest BCUT2D eigenvalue weighted by Crippen LogP contribution is 2.45. The van der Waals surface area contributed by atoms with E-state index in [1.807, 2.05) is 12.3 Å². The van der Waals surface area contributed by atoms with Crippen molar-refractivity contribution in [3.63, 3.8) is 0 Å². The van der Waals surface area contributed by atoms with E-state index in [-0.39, 0.29) is 21.7 Å². The van der Waals surface area contributed by atoms with Crippen molar-refractivity contribution in [2.45, 2.75) is 105 Å². The monoisotopic (exact) mass is 915 g/mol. The lowest BCUT2D eigenvalue weighted by Gasteiger charge is -2.28. The number of hydrogen-bond donors (Lipinski definition) is 1. The molecule has 0 spiro atoms. The fourth-order valence-electron chi connectivity index (χ4n) is 9.73. The number of aromatic nitrogens is 3. The molecular formula is C66H66N4. The summed E-state index contributed by atoms with van der Waals surface area (Å²) < 4.78 is 0. The summed E-state index contributed by atoms with van der Waals surface area (Å²) in [6.45, 7) is 27.8. The topological polar surface area (TPSA) is 44.8 Å². The van der Waals surface area contributed by atoms with Gasteiger partial charge in [0, 0.05) is 44.7 Å². The predicted octanol–water partition coefficient (Wildman–Crippen LogP) is 18.6. The van der Waals surface area contributed by atoms with Gasteiger partial charge in [0.15, 0.2) is 0 Å². The lowest BCUT2D eigenvalue weighted by molar-refractivity contribution is 0.568. The molecule has 0 radical (unpaired) electrons. The number of nitrogens with zero attached hydrogens (tertiary/aromatic N) is 3. The molecule has 0 atom stereocenters. The Balaban J connectivity index is 1.31. The van der Waals surface area contributed by atoms with Crippen LogP contribution in [0.2, 0.25) is 0 Å². The van der Waals surface area contributed by atoms with Gasteiger partial charge in [-0.2, -0.15) is 0 Å². The average molecular weight is 915 g/mol. The van der Waals surface area contributed by atoms with Crippen LogP contribution in [0.25, 0.3) is 77.3 Å². The quantitative estimate of drug-likeness (QED) is 0.173. The van der Waals surface area contributed by atoms with E-state index < -0.39 is 0 Å². The van der Waals surface area contributed by atoms with Crippen LogP contribution < -0.4 is 4.90 Å². The molecule has 1 N–H and O–H groups in total. The van der Waals surface area contributed by atoms with Crippen LogP contribution in [0.5, 0.6) is 0 Å². The third-order valence-electron chi connectivity index (χ3n) is 14.0. The van der Waals surface area contributed by atoms with E-state index in [0.717, 1.165) is 67.3 Å². The van der Waals surface area contributed by atoms with Gasteiger partial charge in [0.05, 0.1) is 22.6 Å². The smallest absolute Gasteiger partial charge is 0.137 e. The molecule has 0 aliphatic heterocycles. The summed E-state index contributed by atoms with van der Waals surface area (Å²) in [5.41, 5.74) is 17.7. The molecule has 0 saturated heterocycles. The maximum absolute atomic E-state index is 5.75. The molecule has 0 aliphatic rings. The minimum Gasteiger partial charge on any atom is -0.354 e. The second-order valence-corrected chi connectivity index (χ2v) is 23.4. The Labute approximate surface area is 415 Å². The first-order chi connectivity index (χ1) is 33.2. The van der Waals surface area contributed by atoms with E-state index >= 15 is 0 Å². The molecule has 0 saturated carbocycles. The van der Waals surface area contributed by atoms with Crippen LogP contribution in [0.3, 0.4) is 0 Å². The van der Waals surface area contributed by atoms with Crippen LogP contribution >= 0.6 is 0 Å². The Morgan fingerprint density at radius 1 is 0.400 bits per heavy atom. The van der Waals surface area contributed by atoms with Gasteiger partial charge < -0.3 is 4.98 Å². The molecule has 3 aromatic heterocycles. The van der Waals surface area contributed by atoms with Gasteiger partial charge >= 0.3 is 0 Å². The maximum atomic E-state index is 5.75. The van der Waals surface area contributed by atoms with Gasteiger partial charge in [-0.25, -0.2) is 9.97 Å². The zero-order valence-electron chi connectivity index (χ0n) is 43.1. The Morgan fingerprint density at radius 3 is 1.51 bits per heavy atom. The number of anilines is 3. The number of nitrogens with one attached hydrogen (secondary N) is 1. The van der Waals surface area contributed by atoms with Crippen molar-refractivity contribution in [2.75, 3.05) is 4.90 Å². The number of para-hydroxylation sites is 2. The molecular weight excluding hydrogens is 849 g/mol. The highest BCUT2D eigenvalue weighted by atomic mass is 15.2. The van der Waals surface area contributed by atoms with Crippen LogP contribution in [0.15, 0.2) is 176 Å². The second kappa shape index (κ2) is 17.3. The number of benzene rings is 7. The highest BCUT2D eigenvalue weighted by molar-refractivity contribution is 6.11. The van der Waals surface area contributed by atoms with Gasteiger partial charge in [-0.1, -0.05) is 198 Å². The maximum Gasteiger partial charge on any atom is 0.137 e. The average Bonchev–Trinajstić information content (AvgIpc) is 3.72.